The Kier molecular flexibility index (Phi) is 6.86. The summed E-state index contributed by atoms with van der Waals surface area (Å²) in [6.07, 6.45) is -2.48. The van der Waals surface area contributed by atoms with Crippen molar-refractivity contribution >= 4 is 17.4 Å². The molecule has 0 radical (unpaired) electrons. The molecule has 0 bridgehead atoms. The molecule has 1 aromatic heterocycles. The summed E-state index contributed by atoms with van der Waals surface area (Å²) in [7, 11) is 1.45. The summed E-state index contributed by atoms with van der Waals surface area (Å²) in [6.45, 7) is 4.02. The number of ether oxygens (including phenoxy) is 1. The Balaban J connectivity index is 1.65. The number of nitrogens with zero attached hydrogens (tertiary/aromatic N) is 3. The number of hydrogen-bond acceptors (Lipinski definition) is 5. The molecular weight excluding hydrogens is 491 g/mol. The number of rotatable bonds is 8. The van der Waals surface area contributed by atoms with E-state index in [1.807, 2.05) is 12.1 Å². The molecule has 1 aliphatic carbocycles. The topological polar surface area (TPSA) is 65.0 Å². The Hall–Kier alpha value is -3.00. The van der Waals surface area contributed by atoms with E-state index in [1.54, 1.807) is 18.2 Å². The van der Waals surface area contributed by atoms with Crippen LogP contribution < -0.4 is 4.74 Å². The highest BCUT2D eigenvalue weighted by atomic mass is 35.5. The molecule has 1 aliphatic rings. The molecule has 4 rings (SSSR count). The quantitative estimate of drug-likeness (QED) is 0.321. The maximum Gasteiger partial charge on any atom is 0.400 e. The van der Waals surface area contributed by atoms with Crippen molar-refractivity contribution in [1.82, 2.24) is 15.0 Å². The molecule has 9 heteroatoms. The minimum atomic E-state index is -4.61. The molecule has 0 unspecified atom stereocenters. The number of aromatic nitrogens is 3. The number of aryl methyl sites for hydroxylation is 1. The van der Waals surface area contributed by atoms with Crippen LogP contribution >= 0.6 is 11.6 Å². The van der Waals surface area contributed by atoms with Gasteiger partial charge >= 0.3 is 12.2 Å². The number of halogens is 4. The minimum Gasteiger partial charge on any atom is -0.467 e. The summed E-state index contributed by atoms with van der Waals surface area (Å²) in [5, 5.41) is 0.360. The molecule has 0 N–H and O–H groups in total. The first-order valence-electron chi connectivity index (χ1n) is 11.6. The number of alkyl halides is 3. The van der Waals surface area contributed by atoms with E-state index in [2.05, 4.69) is 34.0 Å². The molecule has 0 aliphatic heterocycles. The van der Waals surface area contributed by atoms with Crippen LogP contribution in [0.15, 0.2) is 42.5 Å². The third kappa shape index (κ3) is 5.24. The summed E-state index contributed by atoms with van der Waals surface area (Å²) in [5.74, 6) is -0.180. The number of Topliss-reactive ketones (excluding diaryl/α,β-unsaturated/α-hetero) is 1. The number of ketones is 1. The molecule has 1 heterocycles. The predicted octanol–water partition coefficient (Wildman–Crippen LogP) is 7.01. The van der Waals surface area contributed by atoms with Crippen molar-refractivity contribution in [3.8, 4) is 28.8 Å². The zero-order chi connectivity index (χ0) is 26.3. The van der Waals surface area contributed by atoms with Crippen molar-refractivity contribution < 1.29 is 22.7 Å². The number of hydrogen-bond donors (Lipinski definition) is 0. The summed E-state index contributed by atoms with van der Waals surface area (Å²) >= 11 is 6.46. The Labute approximate surface area is 213 Å². The van der Waals surface area contributed by atoms with Crippen LogP contribution in [-0.4, -0.2) is 34.0 Å². The standard InChI is InChI=1S/C27H27ClF3N3O2/c1-25(2,27(29,30)31)21(35)11-9-16-8-10-20(28)19(14-16)23-32-22(33-24(34-23)36-4)17-6-5-7-18(15-17)26(3)12-13-26/h5-8,10,14-15H,9,11-13H2,1-4H3. The zero-order valence-corrected chi connectivity index (χ0v) is 21.3. The molecule has 190 valence electrons. The van der Waals surface area contributed by atoms with Crippen LogP contribution in [0, 0.1) is 5.41 Å². The van der Waals surface area contributed by atoms with Gasteiger partial charge in [-0.1, -0.05) is 42.8 Å². The SMILES string of the molecule is COc1nc(-c2cccc(C3(C)CC3)c2)nc(-c2cc(CCC(=O)C(C)(C)C(F)(F)F)ccc2Cl)n1. The van der Waals surface area contributed by atoms with Gasteiger partial charge in [-0.3, -0.25) is 4.79 Å². The molecule has 0 spiro atoms. The van der Waals surface area contributed by atoms with Crippen LogP contribution in [0.2, 0.25) is 5.02 Å². The van der Waals surface area contributed by atoms with Gasteiger partial charge in [-0.2, -0.15) is 23.1 Å². The van der Waals surface area contributed by atoms with Crippen LogP contribution in [0.5, 0.6) is 6.01 Å². The second kappa shape index (κ2) is 9.47. The first-order chi connectivity index (χ1) is 16.8. The van der Waals surface area contributed by atoms with Crippen molar-refractivity contribution in [2.75, 3.05) is 7.11 Å². The highest BCUT2D eigenvalue weighted by Gasteiger charge is 2.51. The van der Waals surface area contributed by atoms with Crippen LogP contribution in [0.1, 0.15) is 51.2 Å². The van der Waals surface area contributed by atoms with Gasteiger partial charge in [0.1, 0.15) is 11.2 Å². The molecular formula is C27H27ClF3N3O2. The zero-order valence-electron chi connectivity index (χ0n) is 20.5. The lowest BCUT2D eigenvalue weighted by molar-refractivity contribution is -0.210. The van der Waals surface area contributed by atoms with Gasteiger partial charge in [0.05, 0.1) is 12.1 Å². The van der Waals surface area contributed by atoms with E-state index in [0.717, 1.165) is 32.3 Å². The third-order valence-electron chi connectivity index (χ3n) is 6.93. The molecule has 5 nitrogen and oxygen atoms in total. The minimum absolute atomic E-state index is 0.113. The van der Waals surface area contributed by atoms with Crippen molar-refractivity contribution in [3.05, 3.63) is 58.6 Å². The number of benzene rings is 2. The Morgan fingerprint density at radius 1 is 1.06 bits per heavy atom. The molecule has 1 fully saturated rings. The second-order valence-electron chi connectivity index (χ2n) is 9.97. The number of carbonyl (C=O) groups is 1. The first-order valence-corrected chi connectivity index (χ1v) is 12.0. The number of carbonyl (C=O) groups excluding carboxylic acids is 1. The molecule has 0 saturated heterocycles. The molecule has 0 amide bonds. The van der Waals surface area contributed by atoms with Crippen molar-refractivity contribution in [2.45, 2.75) is 58.0 Å². The van der Waals surface area contributed by atoms with Gasteiger partial charge < -0.3 is 4.74 Å². The summed E-state index contributed by atoms with van der Waals surface area (Å²) in [4.78, 5) is 25.7. The van der Waals surface area contributed by atoms with Crippen molar-refractivity contribution in [1.29, 1.82) is 0 Å². The van der Waals surface area contributed by atoms with E-state index in [0.29, 0.717) is 22.0 Å². The fourth-order valence-electron chi connectivity index (χ4n) is 3.83. The lowest BCUT2D eigenvalue weighted by Crippen LogP contribution is -2.39. The van der Waals surface area contributed by atoms with E-state index in [9.17, 15) is 18.0 Å². The molecule has 3 aromatic rings. The van der Waals surface area contributed by atoms with Gasteiger partial charge in [-0.25, -0.2) is 4.98 Å². The Morgan fingerprint density at radius 2 is 1.75 bits per heavy atom. The van der Waals surface area contributed by atoms with Crippen LogP contribution in [0.25, 0.3) is 22.8 Å². The van der Waals surface area contributed by atoms with Crippen molar-refractivity contribution in [2.24, 2.45) is 5.41 Å². The van der Waals surface area contributed by atoms with Gasteiger partial charge in [-0.05, 0) is 67.9 Å². The largest absolute Gasteiger partial charge is 0.467 e. The normalized spacial score (nSPS) is 15.0. The molecule has 0 atom stereocenters. The Morgan fingerprint density at radius 3 is 2.39 bits per heavy atom. The fraction of sp³-hybridized carbons (Fsp3) is 0.407. The summed E-state index contributed by atoms with van der Waals surface area (Å²) in [6, 6.07) is 13.2. The monoisotopic (exact) mass is 517 g/mol. The highest BCUT2D eigenvalue weighted by molar-refractivity contribution is 6.33. The van der Waals surface area contributed by atoms with Gasteiger partial charge in [0.25, 0.3) is 0 Å². The first kappa shape index (κ1) is 26.1. The lowest BCUT2D eigenvalue weighted by atomic mass is 9.84. The van der Waals surface area contributed by atoms with Gasteiger partial charge in [0.2, 0.25) is 0 Å². The van der Waals surface area contributed by atoms with Crippen LogP contribution in [-0.2, 0) is 16.6 Å². The summed E-state index contributed by atoms with van der Waals surface area (Å²) in [5.41, 5.74) is 0.910. The van der Waals surface area contributed by atoms with E-state index in [-0.39, 0.29) is 30.1 Å². The van der Waals surface area contributed by atoms with E-state index >= 15 is 0 Å². The summed E-state index contributed by atoms with van der Waals surface area (Å²) < 4.78 is 45.0. The fourth-order valence-corrected chi connectivity index (χ4v) is 4.04. The van der Waals surface area contributed by atoms with Crippen molar-refractivity contribution in [3.63, 3.8) is 0 Å². The van der Waals surface area contributed by atoms with E-state index in [4.69, 9.17) is 16.3 Å². The van der Waals surface area contributed by atoms with Gasteiger partial charge in [-0.15, -0.1) is 0 Å². The highest BCUT2D eigenvalue weighted by Crippen LogP contribution is 2.48. The van der Waals surface area contributed by atoms with E-state index in [1.165, 1.54) is 12.7 Å². The number of methoxy groups -OCH3 is 1. The third-order valence-corrected chi connectivity index (χ3v) is 7.26. The average Bonchev–Trinajstić information content (AvgIpc) is 3.60. The second-order valence-corrected chi connectivity index (χ2v) is 10.4. The van der Waals surface area contributed by atoms with Gasteiger partial charge in [0, 0.05) is 17.5 Å². The van der Waals surface area contributed by atoms with Gasteiger partial charge in [0.15, 0.2) is 11.6 Å². The molecule has 36 heavy (non-hydrogen) atoms. The van der Waals surface area contributed by atoms with Crippen LogP contribution in [0.3, 0.4) is 0 Å². The lowest BCUT2D eigenvalue weighted by Gasteiger charge is -2.26. The maximum atomic E-state index is 13.2. The van der Waals surface area contributed by atoms with Crippen LogP contribution in [0.4, 0.5) is 13.2 Å². The van der Waals surface area contributed by atoms with E-state index < -0.39 is 17.4 Å². The average molecular weight is 518 g/mol. The molecule has 1 saturated carbocycles. The predicted molar refractivity (Wildman–Crippen MR) is 132 cm³/mol. The smallest absolute Gasteiger partial charge is 0.400 e. The Bertz CT molecular complexity index is 1300. The molecule has 2 aromatic carbocycles. The maximum absolute atomic E-state index is 13.2.